The molecule has 3 amide bonds. The molecule has 0 radical (unpaired) electrons. The molecule has 2 rings (SSSR count). The molecule has 0 unspecified atom stereocenters. The van der Waals surface area contributed by atoms with Gasteiger partial charge in [0.25, 0.3) is 0 Å². The molecule has 1 saturated carbocycles. The number of nitrogens with zero attached hydrogens (tertiary/aromatic N) is 1. The number of carbonyl (C=O) groups excluding carboxylic acids is 2. The van der Waals surface area contributed by atoms with Crippen molar-refractivity contribution in [3.05, 3.63) is 0 Å². The zero-order valence-corrected chi connectivity index (χ0v) is 13.3. The zero-order valence-electron chi connectivity index (χ0n) is 13.3. The van der Waals surface area contributed by atoms with Gasteiger partial charge in [-0.2, -0.15) is 13.2 Å². The highest BCUT2D eigenvalue weighted by molar-refractivity contribution is 5.77. The number of rotatable bonds is 3. The zero-order chi connectivity index (χ0) is 17.0. The first-order chi connectivity index (χ1) is 10.8. The van der Waals surface area contributed by atoms with Crippen LogP contribution >= 0.6 is 0 Å². The lowest BCUT2D eigenvalue weighted by molar-refractivity contribution is -0.183. The van der Waals surface area contributed by atoms with E-state index in [0.717, 1.165) is 0 Å². The van der Waals surface area contributed by atoms with Crippen molar-refractivity contribution < 1.29 is 22.8 Å². The molecule has 5 nitrogen and oxygen atoms in total. The van der Waals surface area contributed by atoms with Crippen molar-refractivity contribution in [1.29, 1.82) is 0 Å². The summed E-state index contributed by atoms with van der Waals surface area (Å²) in [5.41, 5.74) is 0. The van der Waals surface area contributed by atoms with Gasteiger partial charge in [-0.15, -0.1) is 0 Å². The molecule has 1 aliphatic carbocycles. The summed E-state index contributed by atoms with van der Waals surface area (Å²) < 4.78 is 38.3. The van der Waals surface area contributed by atoms with Gasteiger partial charge in [0.15, 0.2) is 0 Å². The number of carbonyl (C=O) groups is 2. The fraction of sp³-hybridized carbons (Fsp3) is 0.867. The molecule has 0 aromatic heterocycles. The summed E-state index contributed by atoms with van der Waals surface area (Å²) in [5.74, 6) is -1.28. The summed E-state index contributed by atoms with van der Waals surface area (Å²) in [6.45, 7) is 2.86. The highest BCUT2D eigenvalue weighted by atomic mass is 19.4. The molecule has 1 heterocycles. The fourth-order valence-electron chi connectivity index (χ4n) is 3.36. The third kappa shape index (κ3) is 5.00. The first-order valence-corrected chi connectivity index (χ1v) is 8.21. The van der Waals surface area contributed by atoms with Crippen molar-refractivity contribution >= 4 is 11.9 Å². The first-order valence-electron chi connectivity index (χ1n) is 8.21. The summed E-state index contributed by atoms with van der Waals surface area (Å²) in [5, 5.41) is 5.42. The van der Waals surface area contributed by atoms with Gasteiger partial charge in [0, 0.05) is 31.6 Å². The first kappa shape index (κ1) is 17.9. The highest BCUT2D eigenvalue weighted by Crippen LogP contribution is 2.37. The van der Waals surface area contributed by atoms with Crippen molar-refractivity contribution in [3.63, 3.8) is 0 Å². The molecular weight excluding hydrogens is 311 g/mol. The molecule has 8 heteroatoms. The number of nitrogens with one attached hydrogen (secondary N) is 2. The number of alkyl halides is 3. The lowest BCUT2D eigenvalue weighted by Gasteiger charge is -2.31. The van der Waals surface area contributed by atoms with E-state index in [4.69, 9.17) is 0 Å². The molecule has 2 N–H and O–H groups in total. The topological polar surface area (TPSA) is 61.4 Å². The number of halogens is 3. The van der Waals surface area contributed by atoms with Gasteiger partial charge in [0.2, 0.25) is 5.91 Å². The lowest BCUT2D eigenvalue weighted by Crippen LogP contribution is -2.49. The van der Waals surface area contributed by atoms with Gasteiger partial charge in [0.05, 0.1) is 5.92 Å². The molecule has 0 aromatic carbocycles. The third-order valence-corrected chi connectivity index (χ3v) is 4.65. The average molecular weight is 335 g/mol. The Hall–Kier alpha value is -1.47. The molecule has 0 spiro atoms. The second kappa shape index (κ2) is 7.40. The van der Waals surface area contributed by atoms with Crippen LogP contribution < -0.4 is 10.6 Å². The third-order valence-electron chi connectivity index (χ3n) is 4.65. The highest BCUT2D eigenvalue weighted by Gasteiger charge is 2.42. The molecule has 1 aliphatic heterocycles. The minimum Gasteiger partial charge on any atom is -0.341 e. The van der Waals surface area contributed by atoms with Gasteiger partial charge >= 0.3 is 12.2 Å². The Morgan fingerprint density at radius 3 is 2.48 bits per heavy atom. The summed E-state index contributed by atoms with van der Waals surface area (Å²) in [6.07, 6.45) is -1.96. The predicted molar refractivity (Wildman–Crippen MR) is 78.7 cm³/mol. The Morgan fingerprint density at radius 1 is 1.13 bits per heavy atom. The molecule has 23 heavy (non-hydrogen) atoms. The van der Waals surface area contributed by atoms with Gasteiger partial charge < -0.3 is 15.5 Å². The maximum atomic E-state index is 12.8. The minimum atomic E-state index is -4.19. The molecule has 132 valence electrons. The predicted octanol–water partition coefficient (Wildman–Crippen LogP) is 2.42. The van der Waals surface area contributed by atoms with Gasteiger partial charge in [-0.1, -0.05) is 13.3 Å². The van der Waals surface area contributed by atoms with Crippen LogP contribution in [0.5, 0.6) is 0 Å². The smallest absolute Gasteiger partial charge is 0.341 e. The normalized spacial score (nSPS) is 28.5. The number of urea groups is 1. The monoisotopic (exact) mass is 335 g/mol. The summed E-state index contributed by atoms with van der Waals surface area (Å²) in [4.78, 5) is 25.2. The molecule has 3 atom stereocenters. The van der Waals surface area contributed by atoms with Crippen LogP contribution in [0.15, 0.2) is 0 Å². The van der Waals surface area contributed by atoms with Crippen LogP contribution in [0.4, 0.5) is 18.0 Å². The van der Waals surface area contributed by atoms with Crippen LogP contribution in [0.2, 0.25) is 0 Å². The second-order valence-corrected chi connectivity index (χ2v) is 6.40. The Bertz CT molecular complexity index is 442. The van der Waals surface area contributed by atoms with E-state index in [9.17, 15) is 22.8 Å². The van der Waals surface area contributed by atoms with E-state index >= 15 is 0 Å². The van der Waals surface area contributed by atoms with Crippen LogP contribution in [0.1, 0.15) is 45.4 Å². The van der Waals surface area contributed by atoms with Crippen molar-refractivity contribution in [1.82, 2.24) is 15.5 Å². The maximum absolute atomic E-state index is 12.8. The molecule has 0 bridgehead atoms. The van der Waals surface area contributed by atoms with Crippen LogP contribution in [-0.4, -0.2) is 48.2 Å². The van der Waals surface area contributed by atoms with Crippen molar-refractivity contribution in [3.8, 4) is 0 Å². The van der Waals surface area contributed by atoms with Crippen LogP contribution in [0.25, 0.3) is 0 Å². The van der Waals surface area contributed by atoms with Crippen LogP contribution in [0.3, 0.4) is 0 Å². The van der Waals surface area contributed by atoms with E-state index in [1.165, 1.54) is 0 Å². The Labute approximate surface area is 134 Å². The number of amides is 3. The minimum absolute atomic E-state index is 0.0509. The fourth-order valence-corrected chi connectivity index (χ4v) is 3.36. The van der Waals surface area contributed by atoms with Crippen molar-refractivity contribution in [2.75, 3.05) is 13.1 Å². The van der Waals surface area contributed by atoms with E-state index in [1.54, 1.807) is 11.8 Å². The van der Waals surface area contributed by atoms with Gasteiger partial charge in [0.1, 0.15) is 0 Å². The number of hydrogen-bond acceptors (Lipinski definition) is 2. The number of hydrogen-bond donors (Lipinski definition) is 2. The molecule has 2 fully saturated rings. The van der Waals surface area contributed by atoms with E-state index in [-0.39, 0.29) is 24.8 Å². The van der Waals surface area contributed by atoms with Gasteiger partial charge in [-0.05, 0) is 25.7 Å². The SMILES string of the molecule is CCC(=O)N1CC[C@H](NC(=O)N[C@@H]2CCC[C@@H](C(F)(F)F)C2)C1. The molecule has 1 saturated heterocycles. The molecular formula is C15H24F3N3O2. The van der Waals surface area contributed by atoms with E-state index in [1.807, 2.05) is 0 Å². The van der Waals surface area contributed by atoms with Crippen LogP contribution in [-0.2, 0) is 4.79 Å². The van der Waals surface area contributed by atoms with E-state index in [2.05, 4.69) is 10.6 Å². The quantitative estimate of drug-likeness (QED) is 0.832. The van der Waals surface area contributed by atoms with Gasteiger partial charge in [-0.25, -0.2) is 4.79 Å². The standard InChI is InChI=1S/C15H24F3N3O2/c1-2-13(22)21-7-6-12(9-21)20-14(23)19-11-5-3-4-10(8-11)15(16,17)18/h10-12H,2-9H2,1H3,(H2,19,20,23)/t10-,11-,12+/m1/s1. The van der Waals surface area contributed by atoms with E-state index < -0.39 is 24.2 Å². The Balaban J connectivity index is 1.76. The largest absolute Gasteiger partial charge is 0.391 e. The Kier molecular flexibility index (Phi) is 5.75. The van der Waals surface area contributed by atoms with E-state index in [0.29, 0.717) is 38.8 Å². The summed E-state index contributed by atoms with van der Waals surface area (Å²) in [7, 11) is 0. The van der Waals surface area contributed by atoms with Crippen LogP contribution in [0, 0.1) is 5.92 Å². The average Bonchev–Trinajstić information content (AvgIpc) is 2.94. The summed E-state index contributed by atoms with van der Waals surface area (Å²) in [6, 6.07) is -1.01. The Morgan fingerprint density at radius 2 is 1.83 bits per heavy atom. The van der Waals surface area contributed by atoms with Gasteiger partial charge in [-0.3, -0.25) is 4.79 Å². The number of likely N-dealkylation sites (tertiary alicyclic amines) is 1. The summed E-state index contributed by atoms with van der Waals surface area (Å²) >= 11 is 0. The molecule has 0 aromatic rings. The molecule has 2 aliphatic rings. The lowest BCUT2D eigenvalue weighted by atomic mass is 9.85. The van der Waals surface area contributed by atoms with Crippen molar-refractivity contribution in [2.24, 2.45) is 5.92 Å². The maximum Gasteiger partial charge on any atom is 0.391 e. The van der Waals surface area contributed by atoms with Crippen molar-refractivity contribution in [2.45, 2.75) is 63.7 Å². The second-order valence-electron chi connectivity index (χ2n) is 6.40.